The molecule has 0 aliphatic carbocycles. The summed E-state index contributed by atoms with van der Waals surface area (Å²) in [6, 6.07) is 4.27. The molecule has 5 heteroatoms. The van der Waals surface area contributed by atoms with Gasteiger partial charge in [0, 0.05) is 6.54 Å². The van der Waals surface area contributed by atoms with Crippen molar-refractivity contribution in [2.75, 3.05) is 0 Å². The molecule has 0 saturated carbocycles. The fraction of sp³-hybridized carbons (Fsp3) is 0.125. The number of carbonyl (C=O) groups is 1. The molecule has 1 aromatic carbocycles. The Labute approximate surface area is 81.4 Å². The topological polar surface area (TPSA) is 83.5 Å². The zero-order chi connectivity index (χ0) is 9.14. The number of benzene rings is 1. The van der Waals surface area contributed by atoms with Crippen molar-refractivity contribution in [3.05, 3.63) is 29.3 Å². The van der Waals surface area contributed by atoms with E-state index >= 15 is 0 Å². The lowest BCUT2D eigenvalue weighted by molar-refractivity contribution is 0.0693. The van der Waals surface area contributed by atoms with Gasteiger partial charge in [0.2, 0.25) is 0 Å². The van der Waals surface area contributed by atoms with Crippen LogP contribution in [0.15, 0.2) is 18.2 Å². The Morgan fingerprint density at radius 1 is 1.46 bits per heavy atom. The summed E-state index contributed by atoms with van der Waals surface area (Å²) < 4.78 is 0. The smallest absolute Gasteiger partial charge is 0.339 e. The molecule has 1 rings (SSSR count). The number of carboxylic acids is 1. The summed E-state index contributed by atoms with van der Waals surface area (Å²) in [6.45, 7) is 0.264. The lowest BCUT2D eigenvalue weighted by Crippen LogP contribution is -2.01. The van der Waals surface area contributed by atoms with E-state index in [0.29, 0.717) is 5.56 Å². The lowest BCUT2D eigenvalue weighted by Gasteiger charge is -2.01. The first-order chi connectivity index (χ1) is 5.65. The van der Waals surface area contributed by atoms with Crippen LogP contribution in [-0.2, 0) is 6.54 Å². The third-order valence-corrected chi connectivity index (χ3v) is 1.53. The Balaban J connectivity index is 0.00000144. The van der Waals surface area contributed by atoms with Crippen LogP contribution >= 0.6 is 12.4 Å². The molecule has 0 aromatic heterocycles. The maximum atomic E-state index is 10.5. The Bertz CT molecular complexity index is 314. The molecule has 0 atom stereocenters. The van der Waals surface area contributed by atoms with E-state index in [0.717, 1.165) is 0 Å². The summed E-state index contributed by atoms with van der Waals surface area (Å²) in [6.07, 6.45) is 0. The molecular weight excluding hydrogens is 194 g/mol. The highest BCUT2D eigenvalue weighted by atomic mass is 35.5. The molecule has 72 valence electrons. The second kappa shape index (κ2) is 4.69. The van der Waals surface area contributed by atoms with Crippen molar-refractivity contribution in [3.8, 4) is 5.75 Å². The minimum absolute atomic E-state index is 0. The van der Waals surface area contributed by atoms with Gasteiger partial charge in [0.1, 0.15) is 11.3 Å². The van der Waals surface area contributed by atoms with E-state index in [4.69, 9.17) is 15.9 Å². The van der Waals surface area contributed by atoms with E-state index in [1.807, 2.05) is 0 Å². The lowest BCUT2D eigenvalue weighted by atomic mass is 10.1. The zero-order valence-corrected chi connectivity index (χ0v) is 7.54. The molecule has 0 aliphatic heterocycles. The van der Waals surface area contributed by atoms with Gasteiger partial charge in [-0.3, -0.25) is 0 Å². The van der Waals surface area contributed by atoms with E-state index in [2.05, 4.69) is 0 Å². The van der Waals surface area contributed by atoms with Crippen molar-refractivity contribution < 1.29 is 15.0 Å². The summed E-state index contributed by atoms with van der Waals surface area (Å²) in [5.41, 5.74) is 5.87. The fourth-order valence-corrected chi connectivity index (χ4v) is 0.881. The van der Waals surface area contributed by atoms with Gasteiger partial charge in [-0.1, -0.05) is 6.07 Å². The number of hydrogen-bond acceptors (Lipinski definition) is 3. The van der Waals surface area contributed by atoms with Crippen LogP contribution in [0.25, 0.3) is 0 Å². The molecule has 0 radical (unpaired) electrons. The summed E-state index contributed by atoms with van der Waals surface area (Å²) in [7, 11) is 0. The summed E-state index contributed by atoms with van der Waals surface area (Å²) in [5, 5.41) is 17.7. The van der Waals surface area contributed by atoms with Gasteiger partial charge in [0.05, 0.1) is 0 Å². The van der Waals surface area contributed by atoms with Gasteiger partial charge in [-0.25, -0.2) is 4.79 Å². The van der Waals surface area contributed by atoms with Gasteiger partial charge in [0.25, 0.3) is 0 Å². The van der Waals surface area contributed by atoms with Gasteiger partial charge < -0.3 is 15.9 Å². The van der Waals surface area contributed by atoms with Crippen molar-refractivity contribution >= 4 is 18.4 Å². The SMILES string of the molecule is Cl.NCc1ccc(O)c(C(=O)O)c1. The molecule has 4 nitrogen and oxygen atoms in total. The molecule has 1 aromatic rings. The van der Waals surface area contributed by atoms with Crippen molar-refractivity contribution in [3.63, 3.8) is 0 Å². The van der Waals surface area contributed by atoms with Gasteiger partial charge >= 0.3 is 5.97 Å². The number of halogens is 1. The van der Waals surface area contributed by atoms with E-state index in [1.54, 1.807) is 6.07 Å². The Morgan fingerprint density at radius 3 is 2.54 bits per heavy atom. The van der Waals surface area contributed by atoms with E-state index in [-0.39, 0.29) is 30.3 Å². The maximum Gasteiger partial charge on any atom is 0.339 e. The van der Waals surface area contributed by atoms with Gasteiger partial charge in [-0.2, -0.15) is 0 Å². The Kier molecular flexibility index (Phi) is 4.23. The highest BCUT2D eigenvalue weighted by Gasteiger charge is 2.08. The normalized spacial score (nSPS) is 9.00. The van der Waals surface area contributed by atoms with Gasteiger partial charge in [-0.05, 0) is 17.7 Å². The van der Waals surface area contributed by atoms with E-state index < -0.39 is 5.97 Å². The van der Waals surface area contributed by atoms with Crippen LogP contribution in [0.5, 0.6) is 5.75 Å². The number of aromatic hydroxyl groups is 1. The molecule has 0 unspecified atom stereocenters. The van der Waals surface area contributed by atoms with E-state index in [9.17, 15) is 4.79 Å². The predicted molar refractivity (Wildman–Crippen MR) is 50.2 cm³/mol. The molecular formula is C8H10ClNO3. The number of carboxylic acid groups (broad SMARTS) is 1. The molecule has 0 fully saturated rings. The second-order valence-corrected chi connectivity index (χ2v) is 2.36. The number of hydrogen-bond donors (Lipinski definition) is 3. The minimum Gasteiger partial charge on any atom is -0.507 e. The van der Waals surface area contributed by atoms with E-state index in [1.165, 1.54) is 12.1 Å². The molecule has 0 aliphatic rings. The van der Waals surface area contributed by atoms with Crippen LogP contribution in [0, 0.1) is 0 Å². The van der Waals surface area contributed by atoms with Gasteiger partial charge in [-0.15, -0.1) is 12.4 Å². The molecule has 13 heavy (non-hydrogen) atoms. The first-order valence-corrected chi connectivity index (χ1v) is 3.40. The third kappa shape index (κ3) is 2.61. The van der Waals surface area contributed by atoms with Gasteiger partial charge in [0.15, 0.2) is 0 Å². The van der Waals surface area contributed by atoms with Crippen molar-refractivity contribution in [2.45, 2.75) is 6.54 Å². The third-order valence-electron chi connectivity index (χ3n) is 1.53. The number of aromatic carboxylic acids is 1. The number of phenols is 1. The molecule has 0 amide bonds. The summed E-state index contributed by atoms with van der Waals surface area (Å²) >= 11 is 0. The molecule has 0 heterocycles. The van der Waals surface area contributed by atoms with Crippen molar-refractivity contribution in [2.24, 2.45) is 5.73 Å². The highest BCUT2D eigenvalue weighted by molar-refractivity contribution is 5.90. The zero-order valence-electron chi connectivity index (χ0n) is 6.73. The summed E-state index contributed by atoms with van der Waals surface area (Å²) in [5.74, 6) is -1.39. The van der Waals surface area contributed by atoms with Crippen LogP contribution in [0.1, 0.15) is 15.9 Å². The minimum atomic E-state index is -1.15. The quantitative estimate of drug-likeness (QED) is 0.669. The largest absolute Gasteiger partial charge is 0.507 e. The van der Waals surface area contributed by atoms with Crippen molar-refractivity contribution in [1.82, 2.24) is 0 Å². The van der Waals surface area contributed by atoms with Crippen LogP contribution in [0.2, 0.25) is 0 Å². The standard InChI is InChI=1S/C8H9NO3.ClH/c9-4-5-1-2-7(10)6(3-5)8(11)12;/h1-3,10H,4,9H2,(H,11,12);1H. The van der Waals surface area contributed by atoms with Crippen molar-refractivity contribution in [1.29, 1.82) is 0 Å². The molecule has 0 spiro atoms. The first kappa shape index (κ1) is 11.7. The molecule has 4 N–H and O–H groups in total. The number of nitrogens with two attached hydrogens (primary N) is 1. The van der Waals surface area contributed by atoms with Crippen LogP contribution in [0.3, 0.4) is 0 Å². The predicted octanol–water partition coefficient (Wildman–Crippen LogP) is 0.971. The second-order valence-electron chi connectivity index (χ2n) is 2.36. The number of rotatable bonds is 2. The molecule has 0 saturated heterocycles. The highest BCUT2D eigenvalue weighted by Crippen LogP contribution is 2.17. The molecule has 0 bridgehead atoms. The Morgan fingerprint density at radius 2 is 2.08 bits per heavy atom. The fourth-order valence-electron chi connectivity index (χ4n) is 0.881. The summed E-state index contributed by atoms with van der Waals surface area (Å²) in [4.78, 5) is 10.5. The monoisotopic (exact) mass is 203 g/mol. The first-order valence-electron chi connectivity index (χ1n) is 3.40. The van der Waals surface area contributed by atoms with Crippen LogP contribution < -0.4 is 5.73 Å². The van der Waals surface area contributed by atoms with Crippen LogP contribution in [-0.4, -0.2) is 16.2 Å². The Hall–Kier alpha value is -1.26. The van der Waals surface area contributed by atoms with Crippen LogP contribution in [0.4, 0.5) is 0 Å². The average Bonchev–Trinajstić information content (AvgIpc) is 2.05. The average molecular weight is 204 g/mol. The maximum absolute atomic E-state index is 10.5.